The lowest BCUT2D eigenvalue weighted by Gasteiger charge is -2.42. The fourth-order valence-electron chi connectivity index (χ4n) is 4.51. The number of rotatable bonds is 6. The molecule has 0 unspecified atom stereocenters. The fraction of sp³-hybridized carbons (Fsp3) is 0.458. The Morgan fingerprint density at radius 2 is 1.70 bits per heavy atom. The van der Waals surface area contributed by atoms with Crippen LogP contribution in [0.5, 0.6) is 0 Å². The zero-order chi connectivity index (χ0) is 23.5. The molecule has 1 amide bonds. The van der Waals surface area contributed by atoms with Gasteiger partial charge < -0.3 is 20.9 Å². The molecule has 0 spiro atoms. The van der Waals surface area contributed by atoms with Gasteiger partial charge >= 0.3 is 0 Å². The van der Waals surface area contributed by atoms with E-state index in [2.05, 4.69) is 55.7 Å². The highest BCUT2D eigenvalue weighted by Gasteiger charge is 2.26. The zero-order valence-electron chi connectivity index (χ0n) is 19.4. The molecule has 33 heavy (non-hydrogen) atoms. The van der Waals surface area contributed by atoms with E-state index < -0.39 is 5.91 Å². The predicted octanol–water partition coefficient (Wildman–Crippen LogP) is 3.22. The third kappa shape index (κ3) is 5.46. The average molecular weight is 470 g/mol. The molecule has 2 aromatic rings. The first-order chi connectivity index (χ1) is 15.8. The smallest absolute Gasteiger partial charge is 0.271 e. The van der Waals surface area contributed by atoms with E-state index in [9.17, 15) is 4.79 Å². The van der Waals surface area contributed by atoms with E-state index in [4.69, 9.17) is 17.3 Å². The molecule has 2 fully saturated rings. The Morgan fingerprint density at radius 3 is 2.27 bits per heavy atom. The summed E-state index contributed by atoms with van der Waals surface area (Å²) in [6.45, 7) is 12.4. The number of allylic oxidation sites excluding steroid dienone is 1. The highest BCUT2D eigenvalue weighted by molar-refractivity contribution is 6.31. The van der Waals surface area contributed by atoms with E-state index in [1.165, 1.54) is 31.6 Å². The van der Waals surface area contributed by atoms with Crippen molar-refractivity contribution in [3.8, 4) is 0 Å². The van der Waals surface area contributed by atoms with Crippen molar-refractivity contribution in [2.45, 2.75) is 25.8 Å². The fourth-order valence-corrected chi connectivity index (χ4v) is 4.80. The lowest BCUT2D eigenvalue weighted by molar-refractivity contribution is 0.0982. The Morgan fingerprint density at radius 1 is 1.06 bits per heavy atom. The number of aromatic nitrogens is 2. The molecule has 0 aliphatic carbocycles. The molecule has 2 saturated heterocycles. The minimum atomic E-state index is -0.677. The summed E-state index contributed by atoms with van der Waals surface area (Å²) >= 11 is 6.23. The molecule has 1 aromatic heterocycles. The summed E-state index contributed by atoms with van der Waals surface area (Å²) in [6.07, 6.45) is 2.38. The number of carbonyl (C=O) groups is 1. The van der Waals surface area contributed by atoms with Gasteiger partial charge in [-0.25, -0.2) is 9.97 Å². The predicted molar refractivity (Wildman–Crippen MR) is 134 cm³/mol. The van der Waals surface area contributed by atoms with Gasteiger partial charge in [0.1, 0.15) is 5.69 Å². The van der Waals surface area contributed by atoms with E-state index in [0.29, 0.717) is 17.3 Å². The topological polar surface area (TPSA) is 90.6 Å². The van der Waals surface area contributed by atoms with Crippen LogP contribution in [0.2, 0.25) is 5.15 Å². The van der Waals surface area contributed by atoms with Crippen LogP contribution in [0.3, 0.4) is 0 Å². The molecular weight excluding hydrogens is 438 g/mol. The van der Waals surface area contributed by atoms with Crippen LogP contribution >= 0.6 is 11.6 Å². The Balaban J connectivity index is 1.40. The van der Waals surface area contributed by atoms with E-state index in [-0.39, 0.29) is 16.7 Å². The minimum absolute atomic E-state index is 0.0347. The first-order valence-corrected chi connectivity index (χ1v) is 11.8. The summed E-state index contributed by atoms with van der Waals surface area (Å²) < 4.78 is 0. The van der Waals surface area contributed by atoms with Crippen LogP contribution in [0, 0.1) is 0 Å². The summed E-state index contributed by atoms with van der Waals surface area (Å²) in [6, 6.07) is 8.79. The molecule has 3 heterocycles. The highest BCUT2D eigenvalue weighted by atomic mass is 35.5. The van der Waals surface area contributed by atoms with Gasteiger partial charge in [-0.3, -0.25) is 9.69 Å². The van der Waals surface area contributed by atoms with Crippen LogP contribution in [0.25, 0.3) is 5.57 Å². The molecule has 1 aromatic carbocycles. The molecule has 0 bridgehead atoms. The molecule has 8 nitrogen and oxygen atoms in total. The summed E-state index contributed by atoms with van der Waals surface area (Å²) in [5, 5.41) is 3.30. The molecule has 0 saturated carbocycles. The highest BCUT2D eigenvalue weighted by Crippen LogP contribution is 2.28. The maximum Gasteiger partial charge on any atom is 0.271 e. The summed E-state index contributed by atoms with van der Waals surface area (Å²) in [5.41, 5.74) is 8.50. The van der Waals surface area contributed by atoms with Gasteiger partial charge in [0.15, 0.2) is 16.7 Å². The van der Waals surface area contributed by atoms with Crippen molar-refractivity contribution in [1.29, 1.82) is 0 Å². The van der Waals surface area contributed by atoms with Gasteiger partial charge in [0.05, 0.1) is 0 Å². The minimum Gasteiger partial charge on any atom is -0.371 e. The van der Waals surface area contributed by atoms with Crippen molar-refractivity contribution in [2.75, 3.05) is 56.5 Å². The van der Waals surface area contributed by atoms with Gasteiger partial charge in [-0.1, -0.05) is 18.2 Å². The quantitative estimate of drug-likeness (QED) is 0.671. The zero-order valence-corrected chi connectivity index (χ0v) is 20.1. The van der Waals surface area contributed by atoms with Crippen molar-refractivity contribution in [3.63, 3.8) is 0 Å². The molecule has 3 N–H and O–H groups in total. The first-order valence-electron chi connectivity index (χ1n) is 11.4. The molecule has 176 valence electrons. The number of benzene rings is 1. The van der Waals surface area contributed by atoms with E-state index in [0.717, 1.165) is 31.9 Å². The van der Waals surface area contributed by atoms with Gasteiger partial charge in [-0.2, -0.15) is 0 Å². The van der Waals surface area contributed by atoms with Crippen molar-refractivity contribution >= 4 is 40.3 Å². The number of nitrogens with zero attached hydrogens (tertiary/aromatic N) is 5. The van der Waals surface area contributed by atoms with Gasteiger partial charge in [0.25, 0.3) is 5.91 Å². The number of piperazine rings is 1. The lowest BCUT2D eigenvalue weighted by atomic mass is 10.0. The maximum atomic E-state index is 11.9. The number of nitrogens with two attached hydrogens (primary N) is 1. The summed E-state index contributed by atoms with van der Waals surface area (Å²) in [7, 11) is 2.20. The summed E-state index contributed by atoms with van der Waals surface area (Å²) in [5.74, 6) is -0.442. The molecule has 2 aliphatic rings. The number of amides is 1. The Hall–Kier alpha value is -2.68. The second-order valence-corrected chi connectivity index (χ2v) is 9.29. The van der Waals surface area contributed by atoms with Crippen LogP contribution < -0.4 is 16.0 Å². The molecular formula is C24H32ClN7O. The number of piperidine rings is 1. The standard InChI is InChI=1S/C24H32ClN7O/c1-16(2)20-22(25)29-24(21(28-20)23(26)33)27-17-4-6-18(7-5-17)31-10-8-19(9-11-31)32-14-12-30(3)13-15-32/h4-7,19H,1,8-15H2,2-3H3,(H2,26,33)(H,27,29). The maximum absolute atomic E-state index is 11.9. The van der Waals surface area contributed by atoms with Crippen LogP contribution in [0.15, 0.2) is 30.8 Å². The normalized spacial score (nSPS) is 18.3. The molecule has 4 rings (SSSR count). The molecule has 0 atom stereocenters. The number of carbonyl (C=O) groups excluding carboxylic acids is 1. The van der Waals surface area contributed by atoms with Gasteiger partial charge in [-0.05, 0) is 56.7 Å². The Labute approximate surface area is 200 Å². The number of hydrogen-bond acceptors (Lipinski definition) is 7. The van der Waals surface area contributed by atoms with E-state index in [1.807, 2.05) is 12.1 Å². The van der Waals surface area contributed by atoms with Gasteiger partial charge in [0, 0.05) is 56.7 Å². The van der Waals surface area contributed by atoms with E-state index in [1.54, 1.807) is 6.92 Å². The SMILES string of the molecule is C=C(C)c1nc(C(N)=O)c(Nc2ccc(N3CCC(N4CCN(C)CC4)CC3)cc2)nc1Cl. The Kier molecular flexibility index (Phi) is 7.17. The number of primary amides is 1. The third-order valence-corrected chi connectivity index (χ3v) is 6.77. The van der Waals surface area contributed by atoms with Crippen LogP contribution in [0.1, 0.15) is 35.9 Å². The number of anilines is 3. The molecule has 9 heteroatoms. The second-order valence-electron chi connectivity index (χ2n) is 8.93. The van der Waals surface area contributed by atoms with Crippen molar-refractivity contribution in [2.24, 2.45) is 5.73 Å². The van der Waals surface area contributed by atoms with Crippen molar-refractivity contribution < 1.29 is 4.79 Å². The van der Waals surface area contributed by atoms with Crippen molar-refractivity contribution in [1.82, 2.24) is 19.8 Å². The van der Waals surface area contributed by atoms with Crippen LogP contribution in [-0.4, -0.2) is 78.0 Å². The monoisotopic (exact) mass is 469 g/mol. The lowest BCUT2D eigenvalue weighted by Crippen LogP contribution is -2.52. The number of hydrogen-bond donors (Lipinski definition) is 2. The average Bonchev–Trinajstić information content (AvgIpc) is 2.80. The summed E-state index contributed by atoms with van der Waals surface area (Å²) in [4.78, 5) is 28.0. The second kappa shape index (κ2) is 10.1. The van der Waals surface area contributed by atoms with E-state index >= 15 is 0 Å². The Bertz CT molecular complexity index is 1010. The molecule has 0 radical (unpaired) electrons. The largest absolute Gasteiger partial charge is 0.371 e. The van der Waals surface area contributed by atoms with Gasteiger partial charge in [-0.15, -0.1) is 0 Å². The number of nitrogens with one attached hydrogen (secondary N) is 1. The van der Waals surface area contributed by atoms with Crippen LogP contribution in [-0.2, 0) is 0 Å². The number of halogens is 1. The van der Waals surface area contributed by atoms with Crippen LogP contribution in [0.4, 0.5) is 17.2 Å². The number of likely N-dealkylation sites (N-methyl/N-ethyl adjacent to an activating group) is 1. The third-order valence-electron chi connectivity index (χ3n) is 6.50. The molecule has 2 aliphatic heterocycles. The van der Waals surface area contributed by atoms with Gasteiger partial charge in [0.2, 0.25) is 0 Å². The van der Waals surface area contributed by atoms with Crippen molar-refractivity contribution in [3.05, 3.63) is 47.4 Å². The first kappa shape index (κ1) is 23.5.